The SMILES string of the molecule is O=CC1CCCN1C(=O)c1ccccc1C(=O)NCc1ccccc1. The van der Waals surface area contributed by atoms with Gasteiger partial charge >= 0.3 is 0 Å². The molecule has 0 saturated carbocycles. The Balaban J connectivity index is 1.77. The van der Waals surface area contributed by atoms with Gasteiger partial charge in [-0.05, 0) is 30.5 Å². The van der Waals surface area contributed by atoms with E-state index in [1.807, 2.05) is 30.3 Å². The Hall–Kier alpha value is -2.95. The maximum absolute atomic E-state index is 12.8. The number of amides is 2. The molecule has 1 atom stereocenters. The van der Waals surface area contributed by atoms with Crippen molar-refractivity contribution in [3.63, 3.8) is 0 Å². The summed E-state index contributed by atoms with van der Waals surface area (Å²) < 4.78 is 0. The molecule has 2 aromatic carbocycles. The fraction of sp³-hybridized carbons (Fsp3) is 0.250. The van der Waals surface area contributed by atoms with E-state index in [1.165, 1.54) is 0 Å². The van der Waals surface area contributed by atoms with Crippen LogP contribution in [0.5, 0.6) is 0 Å². The van der Waals surface area contributed by atoms with Crippen molar-refractivity contribution in [1.29, 1.82) is 0 Å². The first-order valence-corrected chi connectivity index (χ1v) is 8.38. The van der Waals surface area contributed by atoms with E-state index in [9.17, 15) is 14.4 Å². The van der Waals surface area contributed by atoms with Crippen molar-refractivity contribution in [1.82, 2.24) is 10.2 Å². The van der Waals surface area contributed by atoms with Gasteiger partial charge in [0, 0.05) is 13.1 Å². The van der Waals surface area contributed by atoms with Crippen molar-refractivity contribution in [3.8, 4) is 0 Å². The molecule has 25 heavy (non-hydrogen) atoms. The first kappa shape index (κ1) is 16.9. The second-order valence-corrected chi connectivity index (χ2v) is 6.06. The monoisotopic (exact) mass is 336 g/mol. The van der Waals surface area contributed by atoms with Crippen LogP contribution in [0, 0.1) is 0 Å². The summed E-state index contributed by atoms with van der Waals surface area (Å²) in [6, 6.07) is 15.9. The molecule has 128 valence electrons. The minimum absolute atomic E-state index is 0.264. The predicted octanol–water partition coefficient (Wildman–Crippen LogP) is 2.42. The number of rotatable bonds is 5. The van der Waals surface area contributed by atoms with Gasteiger partial charge in [0.1, 0.15) is 6.29 Å². The highest BCUT2D eigenvalue weighted by Crippen LogP contribution is 2.20. The van der Waals surface area contributed by atoms with E-state index in [0.29, 0.717) is 30.6 Å². The quantitative estimate of drug-likeness (QED) is 0.853. The van der Waals surface area contributed by atoms with Gasteiger partial charge < -0.3 is 15.0 Å². The summed E-state index contributed by atoms with van der Waals surface area (Å²) in [6.45, 7) is 0.936. The van der Waals surface area contributed by atoms with Crippen molar-refractivity contribution in [3.05, 3.63) is 71.3 Å². The molecule has 2 amide bonds. The fourth-order valence-electron chi connectivity index (χ4n) is 3.08. The maximum atomic E-state index is 12.8. The van der Waals surface area contributed by atoms with Crippen LogP contribution >= 0.6 is 0 Å². The number of nitrogens with zero attached hydrogens (tertiary/aromatic N) is 1. The average molecular weight is 336 g/mol. The van der Waals surface area contributed by atoms with E-state index >= 15 is 0 Å². The standard InChI is InChI=1S/C20H20N2O3/c23-14-16-9-6-12-22(16)20(25)18-11-5-4-10-17(18)19(24)21-13-15-7-2-1-3-8-15/h1-5,7-8,10-11,14,16H,6,9,12-13H2,(H,21,24). The average Bonchev–Trinajstić information content (AvgIpc) is 3.15. The van der Waals surface area contributed by atoms with Crippen LogP contribution in [0.25, 0.3) is 0 Å². The number of carbonyl (C=O) groups is 3. The minimum Gasteiger partial charge on any atom is -0.348 e. The van der Waals surface area contributed by atoms with Crippen molar-refractivity contribution < 1.29 is 14.4 Å². The summed E-state index contributed by atoms with van der Waals surface area (Å²) in [5.41, 5.74) is 1.65. The zero-order valence-electron chi connectivity index (χ0n) is 13.9. The lowest BCUT2D eigenvalue weighted by Gasteiger charge is -2.21. The van der Waals surface area contributed by atoms with Gasteiger partial charge in [-0.2, -0.15) is 0 Å². The molecule has 1 aliphatic rings. The van der Waals surface area contributed by atoms with Crippen LogP contribution in [-0.4, -0.2) is 35.6 Å². The Morgan fingerprint density at radius 2 is 1.72 bits per heavy atom. The third-order valence-corrected chi connectivity index (χ3v) is 4.42. The van der Waals surface area contributed by atoms with Gasteiger partial charge in [-0.3, -0.25) is 9.59 Å². The molecule has 2 aromatic rings. The molecule has 1 fully saturated rings. The largest absolute Gasteiger partial charge is 0.348 e. The summed E-state index contributed by atoms with van der Waals surface area (Å²) in [7, 11) is 0. The van der Waals surface area contributed by atoms with Crippen LogP contribution in [0.1, 0.15) is 39.1 Å². The van der Waals surface area contributed by atoms with Crippen molar-refractivity contribution in [2.24, 2.45) is 0 Å². The third-order valence-electron chi connectivity index (χ3n) is 4.42. The van der Waals surface area contributed by atoms with E-state index in [0.717, 1.165) is 18.3 Å². The third kappa shape index (κ3) is 3.76. The van der Waals surface area contributed by atoms with Gasteiger partial charge in [-0.1, -0.05) is 42.5 Å². The topological polar surface area (TPSA) is 66.5 Å². The van der Waals surface area contributed by atoms with Gasteiger partial charge in [0.2, 0.25) is 0 Å². The summed E-state index contributed by atoms with van der Waals surface area (Å²) in [6.07, 6.45) is 2.29. The Labute approximate surface area is 146 Å². The van der Waals surface area contributed by atoms with Gasteiger partial charge in [0.25, 0.3) is 11.8 Å². The minimum atomic E-state index is -0.395. The molecule has 0 bridgehead atoms. The molecular weight excluding hydrogens is 316 g/mol. The molecule has 5 nitrogen and oxygen atoms in total. The van der Waals surface area contributed by atoms with Gasteiger partial charge in [0.15, 0.2) is 0 Å². The van der Waals surface area contributed by atoms with Crippen LogP contribution in [0.3, 0.4) is 0 Å². The van der Waals surface area contributed by atoms with Gasteiger partial charge in [-0.15, -0.1) is 0 Å². The summed E-state index contributed by atoms with van der Waals surface area (Å²) >= 11 is 0. The van der Waals surface area contributed by atoms with Crippen molar-refractivity contribution in [2.75, 3.05) is 6.54 Å². The molecule has 1 aliphatic heterocycles. The Bertz CT molecular complexity index is 774. The molecule has 0 spiro atoms. The van der Waals surface area contributed by atoms with Crippen LogP contribution < -0.4 is 5.32 Å². The zero-order valence-corrected chi connectivity index (χ0v) is 13.9. The molecule has 0 radical (unpaired) electrons. The molecule has 0 aliphatic carbocycles. The first-order valence-electron chi connectivity index (χ1n) is 8.38. The van der Waals surface area contributed by atoms with Crippen LogP contribution in [0.4, 0.5) is 0 Å². The molecule has 0 aromatic heterocycles. The Morgan fingerprint density at radius 3 is 2.44 bits per heavy atom. The van der Waals surface area contributed by atoms with Gasteiger partial charge in [0.05, 0.1) is 17.2 Å². The molecule has 1 heterocycles. The molecule has 1 N–H and O–H groups in total. The smallest absolute Gasteiger partial charge is 0.255 e. The van der Waals surface area contributed by atoms with E-state index in [1.54, 1.807) is 29.2 Å². The lowest BCUT2D eigenvalue weighted by atomic mass is 10.0. The number of carbonyl (C=O) groups excluding carboxylic acids is 3. The molecule has 1 saturated heterocycles. The van der Waals surface area contributed by atoms with Crippen LogP contribution in [-0.2, 0) is 11.3 Å². The maximum Gasteiger partial charge on any atom is 0.255 e. The summed E-state index contributed by atoms with van der Waals surface area (Å²) in [5.74, 6) is -0.560. The van der Waals surface area contributed by atoms with E-state index in [-0.39, 0.29) is 11.8 Å². The summed E-state index contributed by atoms with van der Waals surface area (Å²) in [5, 5.41) is 2.85. The Morgan fingerprint density at radius 1 is 1.04 bits per heavy atom. The second-order valence-electron chi connectivity index (χ2n) is 6.06. The lowest BCUT2D eigenvalue weighted by molar-refractivity contribution is -0.111. The number of hydrogen-bond donors (Lipinski definition) is 1. The molecule has 5 heteroatoms. The zero-order chi connectivity index (χ0) is 17.6. The summed E-state index contributed by atoms with van der Waals surface area (Å²) in [4.78, 5) is 38.1. The normalized spacial score (nSPS) is 16.5. The number of nitrogens with one attached hydrogen (secondary N) is 1. The van der Waals surface area contributed by atoms with Crippen molar-refractivity contribution >= 4 is 18.1 Å². The lowest BCUT2D eigenvalue weighted by Crippen LogP contribution is -2.37. The van der Waals surface area contributed by atoms with Crippen LogP contribution in [0.2, 0.25) is 0 Å². The highest BCUT2D eigenvalue weighted by molar-refractivity contribution is 6.07. The Kier molecular flexibility index (Phi) is 5.23. The number of benzene rings is 2. The molecule has 3 rings (SSSR count). The number of hydrogen-bond acceptors (Lipinski definition) is 3. The highest BCUT2D eigenvalue weighted by Gasteiger charge is 2.30. The molecular formula is C20H20N2O3. The fourth-order valence-corrected chi connectivity index (χ4v) is 3.08. The van der Waals surface area contributed by atoms with Gasteiger partial charge in [-0.25, -0.2) is 0 Å². The first-order chi connectivity index (χ1) is 12.2. The highest BCUT2D eigenvalue weighted by atomic mass is 16.2. The number of likely N-dealkylation sites (tertiary alicyclic amines) is 1. The van der Waals surface area contributed by atoms with Crippen LogP contribution in [0.15, 0.2) is 54.6 Å². The van der Waals surface area contributed by atoms with Crippen molar-refractivity contribution in [2.45, 2.75) is 25.4 Å². The second kappa shape index (κ2) is 7.75. The molecule has 1 unspecified atom stereocenters. The predicted molar refractivity (Wildman–Crippen MR) is 94.2 cm³/mol. The van der Waals surface area contributed by atoms with E-state index in [2.05, 4.69) is 5.32 Å². The van der Waals surface area contributed by atoms with E-state index < -0.39 is 6.04 Å². The number of aldehydes is 1. The van der Waals surface area contributed by atoms with E-state index in [4.69, 9.17) is 0 Å².